The first-order chi connectivity index (χ1) is 9.83. The highest BCUT2D eigenvalue weighted by Crippen LogP contribution is 2.29. The Morgan fingerprint density at radius 1 is 1.10 bits per heavy atom. The van der Waals surface area contributed by atoms with Crippen LogP contribution in [-0.4, -0.2) is 13.2 Å². The second kappa shape index (κ2) is 7.92. The molecule has 0 saturated heterocycles. The maximum atomic E-state index is 5.87. The first kappa shape index (κ1) is 14.9. The molecule has 0 bridgehead atoms. The van der Waals surface area contributed by atoms with Crippen LogP contribution < -0.4 is 14.8 Å². The molecule has 0 atom stereocenters. The zero-order valence-corrected chi connectivity index (χ0v) is 12.9. The van der Waals surface area contributed by atoms with Gasteiger partial charge in [0.05, 0.1) is 13.2 Å². The zero-order chi connectivity index (χ0) is 14.2. The third kappa shape index (κ3) is 4.25. The zero-order valence-electron chi connectivity index (χ0n) is 12.1. The Balaban J connectivity index is 2.06. The van der Waals surface area contributed by atoms with E-state index in [9.17, 15) is 0 Å². The number of hydrogen-bond acceptors (Lipinski definition) is 3. The molecule has 4 heteroatoms. The summed E-state index contributed by atoms with van der Waals surface area (Å²) in [5, 5.41) is 4.32. The van der Waals surface area contributed by atoms with Crippen LogP contribution in [0.2, 0.25) is 0 Å². The van der Waals surface area contributed by atoms with E-state index in [1.165, 1.54) is 10.4 Å². The molecule has 0 aliphatic carbocycles. The van der Waals surface area contributed by atoms with E-state index in [-0.39, 0.29) is 0 Å². The van der Waals surface area contributed by atoms with Crippen molar-refractivity contribution >= 4 is 11.3 Å². The van der Waals surface area contributed by atoms with Crippen molar-refractivity contribution in [1.82, 2.24) is 0 Å². The Morgan fingerprint density at radius 3 is 2.70 bits per heavy atom. The minimum Gasteiger partial charge on any atom is -0.490 e. The van der Waals surface area contributed by atoms with Crippen molar-refractivity contribution in [3.63, 3.8) is 0 Å². The Hall–Kier alpha value is -1.52. The summed E-state index contributed by atoms with van der Waals surface area (Å²) in [5.74, 6) is 1.66. The molecule has 108 valence electrons. The summed E-state index contributed by atoms with van der Waals surface area (Å²) in [4.78, 5) is 1.22. The number of thiophene rings is 1. The highest BCUT2D eigenvalue weighted by Gasteiger charge is 2.08. The van der Waals surface area contributed by atoms with Crippen molar-refractivity contribution in [1.29, 1.82) is 0 Å². The minimum atomic E-state index is 0.595. The molecular weight excluding hydrogens is 270 g/mol. The Kier molecular flexibility index (Phi) is 5.89. The van der Waals surface area contributed by atoms with Gasteiger partial charge < -0.3 is 14.8 Å². The van der Waals surface area contributed by atoms with Crippen LogP contribution in [0, 0.1) is 0 Å². The van der Waals surface area contributed by atoms with Gasteiger partial charge in [0.1, 0.15) is 13.2 Å². The first-order valence-corrected chi connectivity index (χ1v) is 7.94. The fourth-order valence-corrected chi connectivity index (χ4v) is 2.54. The summed E-state index contributed by atoms with van der Waals surface area (Å²) in [5.41, 5.74) is 1.26. The molecule has 0 saturated carbocycles. The van der Waals surface area contributed by atoms with Crippen molar-refractivity contribution in [3.8, 4) is 11.5 Å². The quantitative estimate of drug-likeness (QED) is 0.812. The third-order valence-electron chi connectivity index (χ3n) is 2.93. The van der Waals surface area contributed by atoms with Crippen LogP contribution in [0.4, 0.5) is 0 Å². The normalized spacial score (nSPS) is 10.5. The summed E-state index contributed by atoms with van der Waals surface area (Å²) in [6.45, 7) is 7.45. The van der Waals surface area contributed by atoms with Crippen LogP contribution >= 0.6 is 11.3 Å². The average molecular weight is 292 g/mol. The number of hydrogen-bond donors (Lipinski definition) is 1. The number of benzene rings is 1. The van der Waals surface area contributed by atoms with Crippen LogP contribution in [0.25, 0.3) is 0 Å². The Morgan fingerprint density at radius 2 is 2.00 bits per heavy atom. The molecule has 0 aliphatic heterocycles. The van der Waals surface area contributed by atoms with Crippen molar-refractivity contribution in [2.45, 2.75) is 27.0 Å². The van der Waals surface area contributed by atoms with Gasteiger partial charge >= 0.3 is 0 Å². The van der Waals surface area contributed by atoms with Gasteiger partial charge in [-0.15, -0.1) is 11.3 Å². The van der Waals surface area contributed by atoms with E-state index < -0.39 is 0 Å². The summed E-state index contributed by atoms with van der Waals surface area (Å²) < 4.78 is 11.6. The molecule has 0 fully saturated rings. The molecule has 1 heterocycles. The van der Waals surface area contributed by atoms with Gasteiger partial charge in [-0.05, 0) is 43.5 Å². The Labute approximate surface area is 124 Å². The fraction of sp³-hybridized carbons (Fsp3) is 0.375. The lowest BCUT2D eigenvalue weighted by atomic mass is 10.2. The molecule has 20 heavy (non-hydrogen) atoms. The summed E-state index contributed by atoms with van der Waals surface area (Å²) >= 11 is 1.70. The Bertz CT molecular complexity index is 511. The lowest BCUT2D eigenvalue weighted by Gasteiger charge is -2.12. The highest BCUT2D eigenvalue weighted by atomic mass is 32.1. The maximum Gasteiger partial charge on any atom is 0.161 e. The highest BCUT2D eigenvalue weighted by molar-refractivity contribution is 7.09. The fourth-order valence-electron chi connectivity index (χ4n) is 1.92. The van der Waals surface area contributed by atoms with Crippen LogP contribution in [0.15, 0.2) is 35.7 Å². The van der Waals surface area contributed by atoms with Gasteiger partial charge in [0.15, 0.2) is 11.5 Å². The molecule has 3 nitrogen and oxygen atoms in total. The van der Waals surface area contributed by atoms with Crippen LogP contribution in [0.1, 0.15) is 24.3 Å². The van der Waals surface area contributed by atoms with E-state index in [2.05, 4.69) is 35.8 Å². The van der Waals surface area contributed by atoms with Crippen molar-refractivity contribution in [2.24, 2.45) is 0 Å². The largest absolute Gasteiger partial charge is 0.490 e. The molecule has 0 aliphatic rings. The lowest BCUT2D eigenvalue weighted by molar-refractivity contribution is -0.667. The summed E-state index contributed by atoms with van der Waals surface area (Å²) in [6, 6.07) is 10.3. The molecule has 0 spiro atoms. The molecule has 0 amide bonds. The smallest absolute Gasteiger partial charge is 0.161 e. The van der Waals surface area contributed by atoms with Crippen LogP contribution in [0.5, 0.6) is 11.5 Å². The van der Waals surface area contributed by atoms with Gasteiger partial charge in [-0.25, -0.2) is 0 Å². The molecule has 1 aromatic heterocycles. The third-order valence-corrected chi connectivity index (χ3v) is 3.78. The SMILES string of the molecule is CC[NH2+]Cc1ccc(OCc2cccs2)c(OCC)c1. The van der Waals surface area contributed by atoms with Crippen LogP contribution in [0.3, 0.4) is 0 Å². The van der Waals surface area contributed by atoms with E-state index in [1.807, 2.05) is 19.1 Å². The molecular formula is C16H22NO2S+. The van der Waals surface area contributed by atoms with E-state index in [0.717, 1.165) is 24.6 Å². The minimum absolute atomic E-state index is 0.595. The summed E-state index contributed by atoms with van der Waals surface area (Å²) in [6.07, 6.45) is 0. The first-order valence-electron chi connectivity index (χ1n) is 7.06. The standard InChI is InChI=1S/C16H21NO2S/c1-3-17-11-13-7-8-15(16(10-13)18-4-2)19-12-14-6-5-9-20-14/h5-10,17H,3-4,11-12H2,1-2H3/p+1. The number of rotatable bonds is 8. The molecule has 2 rings (SSSR count). The van der Waals surface area contributed by atoms with E-state index in [1.54, 1.807) is 11.3 Å². The van der Waals surface area contributed by atoms with Crippen LogP contribution in [-0.2, 0) is 13.2 Å². The summed E-state index contributed by atoms with van der Waals surface area (Å²) in [7, 11) is 0. The van der Waals surface area contributed by atoms with Crippen molar-refractivity contribution in [3.05, 3.63) is 46.2 Å². The van der Waals surface area contributed by atoms with E-state index in [0.29, 0.717) is 13.2 Å². The van der Waals surface area contributed by atoms with Gasteiger partial charge in [-0.2, -0.15) is 0 Å². The van der Waals surface area contributed by atoms with Gasteiger partial charge in [0, 0.05) is 10.4 Å². The van der Waals surface area contributed by atoms with E-state index >= 15 is 0 Å². The predicted octanol–water partition coefficient (Wildman–Crippen LogP) is 2.81. The molecule has 2 aromatic rings. The second-order valence-corrected chi connectivity index (χ2v) is 5.52. The van der Waals surface area contributed by atoms with Gasteiger partial charge in [-0.3, -0.25) is 0 Å². The van der Waals surface area contributed by atoms with Crippen molar-refractivity contribution < 1.29 is 14.8 Å². The second-order valence-electron chi connectivity index (χ2n) is 4.48. The topological polar surface area (TPSA) is 35.1 Å². The van der Waals surface area contributed by atoms with Gasteiger partial charge in [0.25, 0.3) is 0 Å². The molecule has 0 radical (unpaired) electrons. The number of nitrogens with two attached hydrogens (primary N) is 1. The predicted molar refractivity (Wildman–Crippen MR) is 82.4 cm³/mol. The average Bonchev–Trinajstić information content (AvgIpc) is 2.98. The van der Waals surface area contributed by atoms with Gasteiger partial charge in [-0.1, -0.05) is 6.07 Å². The number of quaternary nitrogens is 1. The van der Waals surface area contributed by atoms with E-state index in [4.69, 9.17) is 9.47 Å². The molecule has 1 aromatic carbocycles. The van der Waals surface area contributed by atoms with Crippen molar-refractivity contribution in [2.75, 3.05) is 13.2 Å². The van der Waals surface area contributed by atoms with Gasteiger partial charge in [0.2, 0.25) is 0 Å². The monoisotopic (exact) mass is 292 g/mol. The lowest BCUT2D eigenvalue weighted by Crippen LogP contribution is -2.81. The number of ether oxygens (including phenoxy) is 2. The molecule has 0 unspecified atom stereocenters. The molecule has 2 N–H and O–H groups in total. The maximum absolute atomic E-state index is 5.87.